The van der Waals surface area contributed by atoms with E-state index >= 15 is 0 Å². The van der Waals surface area contributed by atoms with E-state index in [9.17, 15) is 9.59 Å². The molecule has 0 radical (unpaired) electrons. The SMILES string of the molecule is CN(C)c1nc2cccc(C(=O)N3CC[C@@H]4[C@H](C3)NC(=O)N4C)c2o1. The van der Waals surface area contributed by atoms with Crippen molar-refractivity contribution in [1.29, 1.82) is 0 Å². The molecule has 1 aromatic heterocycles. The monoisotopic (exact) mass is 343 g/mol. The lowest BCUT2D eigenvalue weighted by Crippen LogP contribution is -2.52. The fourth-order valence-corrected chi connectivity index (χ4v) is 3.61. The highest BCUT2D eigenvalue weighted by molar-refractivity contribution is 6.04. The largest absolute Gasteiger partial charge is 0.423 e. The summed E-state index contributed by atoms with van der Waals surface area (Å²) in [5.41, 5.74) is 1.68. The van der Waals surface area contributed by atoms with Crippen molar-refractivity contribution in [2.45, 2.75) is 18.5 Å². The minimum Gasteiger partial charge on any atom is -0.423 e. The number of benzene rings is 1. The maximum absolute atomic E-state index is 13.0. The molecule has 8 nitrogen and oxygen atoms in total. The second kappa shape index (κ2) is 5.65. The Kier molecular flexibility index (Phi) is 3.55. The van der Waals surface area contributed by atoms with Gasteiger partial charge >= 0.3 is 6.03 Å². The number of para-hydroxylation sites is 1. The Labute approximate surface area is 145 Å². The molecule has 0 saturated carbocycles. The molecule has 2 fully saturated rings. The number of hydrogen-bond acceptors (Lipinski definition) is 5. The smallest absolute Gasteiger partial charge is 0.317 e. The fourth-order valence-electron chi connectivity index (χ4n) is 3.61. The molecule has 2 saturated heterocycles. The molecule has 2 aromatic rings. The Bertz CT molecular complexity index is 846. The number of anilines is 1. The summed E-state index contributed by atoms with van der Waals surface area (Å²) >= 11 is 0. The zero-order valence-corrected chi connectivity index (χ0v) is 14.5. The number of carbonyl (C=O) groups is 2. The zero-order valence-electron chi connectivity index (χ0n) is 14.5. The normalized spacial score (nSPS) is 22.9. The molecule has 8 heteroatoms. The van der Waals surface area contributed by atoms with E-state index in [-0.39, 0.29) is 24.0 Å². The molecule has 0 unspecified atom stereocenters. The lowest BCUT2D eigenvalue weighted by atomic mass is 9.99. The number of carbonyl (C=O) groups excluding carboxylic acids is 2. The highest BCUT2D eigenvalue weighted by Crippen LogP contribution is 2.27. The van der Waals surface area contributed by atoms with Crippen LogP contribution < -0.4 is 10.2 Å². The van der Waals surface area contributed by atoms with Crippen LogP contribution in [0, 0.1) is 0 Å². The first kappa shape index (κ1) is 15.7. The van der Waals surface area contributed by atoms with E-state index in [4.69, 9.17) is 4.42 Å². The van der Waals surface area contributed by atoms with E-state index in [2.05, 4.69) is 10.3 Å². The van der Waals surface area contributed by atoms with E-state index in [1.165, 1.54) is 0 Å². The van der Waals surface area contributed by atoms with Crippen molar-refractivity contribution in [1.82, 2.24) is 20.1 Å². The van der Waals surface area contributed by atoms with Crippen LogP contribution in [-0.2, 0) is 0 Å². The summed E-state index contributed by atoms with van der Waals surface area (Å²) in [4.78, 5) is 34.5. The van der Waals surface area contributed by atoms with Crippen molar-refractivity contribution in [3.63, 3.8) is 0 Å². The Hall–Kier alpha value is -2.77. The van der Waals surface area contributed by atoms with Gasteiger partial charge in [0.1, 0.15) is 5.52 Å². The van der Waals surface area contributed by atoms with Gasteiger partial charge in [-0.3, -0.25) is 4.79 Å². The molecule has 0 aliphatic carbocycles. The first-order valence-electron chi connectivity index (χ1n) is 8.35. The summed E-state index contributed by atoms with van der Waals surface area (Å²) in [5.74, 6) is -0.0886. The number of hydrogen-bond donors (Lipinski definition) is 1. The molecule has 0 spiro atoms. The number of fused-ring (bicyclic) bond motifs is 2. The van der Waals surface area contributed by atoms with Gasteiger partial charge in [-0.2, -0.15) is 4.98 Å². The molecule has 3 heterocycles. The van der Waals surface area contributed by atoms with Crippen LogP contribution in [0.3, 0.4) is 0 Å². The van der Waals surface area contributed by atoms with Crippen molar-refractivity contribution < 1.29 is 14.0 Å². The topological polar surface area (TPSA) is 81.9 Å². The van der Waals surface area contributed by atoms with E-state index in [0.717, 1.165) is 6.42 Å². The lowest BCUT2D eigenvalue weighted by Gasteiger charge is -2.35. The molecule has 0 bridgehead atoms. The number of amides is 3. The Morgan fingerprint density at radius 3 is 2.96 bits per heavy atom. The number of piperidine rings is 1. The molecule has 1 aromatic carbocycles. The first-order valence-corrected chi connectivity index (χ1v) is 8.35. The van der Waals surface area contributed by atoms with Gasteiger partial charge < -0.3 is 24.4 Å². The molecule has 3 amide bonds. The van der Waals surface area contributed by atoms with Crippen LogP contribution >= 0.6 is 0 Å². The van der Waals surface area contributed by atoms with Crippen LogP contribution in [-0.4, -0.2) is 73.0 Å². The highest BCUT2D eigenvalue weighted by Gasteiger charge is 2.42. The third kappa shape index (κ3) is 2.48. The summed E-state index contributed by atoms with van der Waals surface area (Å²) in [5, 5.41) is 2.95. The standard InChI is InChI=1S/C17H21N5O3/c1-20(2)17-19-11-6-4-5-10(14(11)25-17)15(23)22-8-7-13-12(9-22)18-16(24)21(13)3/h4-6,12-13H,7-9H2,1-3H3,(H,18,24)/t12-,13+/m0/s1. The summed E-state index contributed by atoms with van der Waals surface area (Å²) in [6.07, 6.45) is 0.765. The van der Waals surface area contributed by atoms with Crippen molar-refractivity contribution >= 4 is 29.1 Å². The number of urea groups is 1. The Balaban J connectivity index is 1.61. The molecule has 25 heavy (non-hydrogen) atoms. The van der Waals surface area contributed by atoms with E-state index in [0.29, 0.717) is 35.8 Å². The molecule has 2 aliphatic rings. The van der Waals surface area contributed by atoms with Gasteiger partial charge in [-0.25, -0.2) is 4.79 Å². The minimum absolute atomic E-state index is 0.0264. The second-order valence-electron chi connectivity index (χ2n) is 6.82. The van der Waals surface area contributed by atoms with Gasteiger partial charge in [0, 0.05) is 34.2 Å². The molecule has 2 aliphatic heterocycles. The van der Waals surface area contributed by atoms with Crippen LogP contribution in [0.15, 0.2) is 22.6 Å². The molecule has 132 valence electrons. The quantitative estimate of drug-likeness (QED) is 0.884. The molecule has 1 N–H and O–H groups in total. The summed E-state index contributed by atoms with van der Waals surface area (Å²) in [6.45, 7) is 1.12. The predicted octanol–water partition coefficient (Wildman–Crippen LogP) is 1.13. The number of aromatic nitrogens is 1. The van der Waals surface area contributed by atoms with Crippen molar-refractivity contribution in [3.8, 4) is 0 Å². The van der Waals surface area contributed by atoms with Crippen molar-refractivity contribution in [3.05, 3.63) is 23.8 Å². The second-order valence-corrected chi connectivity index (χ2v) is 6.82. The highest BCUT2D eigenvalue weighted by atomic mass is 16.4. The third-order valence-electron chi connectivity index (χ3n) is 5.01. The lowest BCUT2D eigenvalue weighted by molar-refractivity contribution is 0.0667. The van der Waals surface area contributed by atoms with Crippen LogP contribution in [0.1, 0.15) is 16.8 Å². The Morgan fingerprint density at radius 1 is 1.40 bits per heavy atom. The van der Waals surface area contributed by atoms with E-state index < -0.39 is 0 Å². The number of nitrogens with zero attached hydrogens (tertiary/aromatic N) is 4. The molecular weight excluding hydrogens is 322 g/mol. The minimum atomic E-state index is -0.0886. The maximum Gasteiger partial charge on any atom is 0.317 e. The molecule has 4 rings (SSSR count). The van der Waals surface area contributed by atoms with Gasteiger partial charge in [-0.15, -0.1) is 0 Å². The fraction of sp³-hybridized carbons (Fsp3) is 0.471. The predicted molar refractivity (Wildman–Crippen MR) is 92.7 cm³/mol. The summed E-state index contributed by atoms with van der Waals surface area (Å²) in [6, 6.07) is 5.94. The first-order chi connectivity index (χ1) is 12.0. The van der Waals surface area contributed by atoms with Crippen molar-refractivity contribution in [2.24, 2.45) is 0 Å². The molecule has 2 atom stereocenters. The number of rotatable bonds is 2. The molecular formula is C17H21N5O3. The average Bonchev–Trinajstić information content (AvgIpc) is 3.15. The van der Waals surface area contributed by atoms with Crippen molar-refractivity contribution in [2.75, 3.05) is 39.1 Å². The third-order valence-corrected chi connectivity index (χ3v) is 5.01. The van der Waals surface area contributed by atoms with Crippen LogP contribution in [0.5, 0.6) is 0 Å². The van der Waals surface area contributed by atoms with Crippen LogP contribution in [0.2, 0.25) is 0 Å². The van der Waals surface area contributed by atoms with Crippen LogP contribution in [0.4, 0.5) is 10.8 Å². The van der Waals surface area contributed by atoms with Gasteiger partial charge in [-0.05, 0) is 18.6 Å². The number of likely N-dealkylation sites (N-methyl/N-ethyl adjacent to an activating group) is 1. The van der Waals surface area contributed by atoms with E-state index in [1.807, 2.05) is 26.2 Å². The summed E-state index contributed by atoms with van der Waals surface area (Å²) in [7, 11) is 5.49. The van der Waals surface area contributed by atoms with Gasteiger partial charge in [0.05, 0.1) is 17.6 Å². The number of nitrogens with one attached hydrogen (secondary N) is 1. The zero-order chi connectivity index (χ0) is 17.7. The van der Waals surface area contributed by atoms with Gasteiger partial charge in [0.25, 0.3) is 11.9 Å². The summed E-state index contributed by atoms with van der Waals surface area (Å²) < 4.78 is 5.78. The van der Waals surface area contributed by atoms with Gasteiger partial charge in [0.2, 0.25) is 0 Å². The van der Waals surface area contributed by atoms with Gasteiger partial charge in [0.15, 0.2) is 5.58 Å². The maximum atomic E-state index is 13.0. The van der Waals surface area contributed by atoms with Gasteiger partial charge in [-0.1, -0.05) is 6.07 Å². The number of oxazole rings is 1. The van der Waals surface area contributed by atoms with E-state index in [1.54, 1.807) is 27.8 Å². The average molecular weight is 343 g/mol. The van der Waals surface area contributed by atoms with Crippen LogP contribution in [0.25, 0.3) is 11.1 Å². The Morgan fingerprint density at radius 2 is 2.20 bits per heavy atom. The number of likely N-dealkylation sites (tertiary alicyclic amines) is 1.